The van der Waals surface area contributed by atoms with Crippen LogP contribution in [0.25, 0.3) is 6.08 Å². The van der Waals surface area contributed by atoms with E-state index in [1.54, 1.807) is 60.7 Å². The highest BCUT2D eigenvalue weighted by Gasteiger charge is 2.43. The van der Waals surface area contributed by atoms with Crippen molar-refractivity contribution in [2.24, 2.45) is 5.92 Å². The SMILES string of the molecule is COc1cc2c(c(OC)c1O)[C@H](c1ccc(O)c(O)c1)[C@@H](C(=O)NCCc1ccc(O)cc1)C(C(=O)NCCc1ccc(O)cc1)=C2. The van der Waals surface area contributed by atoms with Gasteiger partial charge in [0.25, 0.3) is 0 Å². The van der Waals surface area contributed by atoms with Gasteiger partial charge in [0.05, 0.1) is 20.1 Å². The molecule has 0 aliphatic heterocycles. The van der Waals surface area contributed by atoms with Crippen LogP contribution in [0.2, 0.25) is 0 Å². The Morgan fingerprint density at radius 3 is 1.87 bits per heavy atom. The summed E-state index contributed by atoms with van der Waals surface area (Å²) in [7, 11) is 2.74. The van der Waals surface area contributed by atoms with Crippen LogP contribution in [0.4, 0.5) is 0 Å². The number of carbonyl (C=O) groups excluding carboxylic acids is 2. The third kappa shape index (κ3) is 7.04. The standard InChI is InChI=1S/C36H36N2O9/c1-46-29-19-23-17-26(35(44)37-15-13-20-3-8-24(39)9-4-20)32(36(45)38-16-14-21-5-10-25(40)11-6-21)30(31(23)34(47-2)33(29)43)22-7-12-27(41)28(42)18-22/h3-12,17-19,30,32,39-43H,13-16H2,1-2H3,(H,37,44)(H,38,45)/t30-,32-/m0/s1. The molecule has 0 heterocycles. The lowest BCUT2D eigenvalue weighted by Crippen LogP contribution is -2.42. The average molecular weight is 641 g/mol. The molecule has 0 saturated carbocycles. The van der Waals surface area contributed by atoms with Gasteiger partial charge in [-0.05, 0) is 83.6 Å². The maximum Gasteiger partial charge on any atom is 0.248 e. The number of methoxy groups -OCH3 is 2. The van der Waals surface area contributed by atoms with Gasteiger partial charge in [-0.15, -0.1) is 0 Å². The van der Waals surface area contributed by atoms with Crippen LogP contribution in [0.5, 0.6) is 40.2 Å². The Morgan fingerprint density at radius 2 is 1.32 bits per heavy atom. The first kappa shape index (κ1) is 32.6. The second kappa shape index (κ2) is 14.1. The molecular formula is C36H36N2O9. The zero-order chi connectivity index (χ0) is 33.7. The first-order valence-corrected chi connectivity index (χ1v) is 14.9. The molecule has 1 aliphatic rings. The number of carbonyl (C=O) groups is 2. The summed E-state index contributed by atoms with van der Waals surface area (Å²) in [6, 6.07) is 18.9. The fraction of sp³-hybridized carbons (Fsp3) is 0.222. The van der Waals surface area contributed by atoms with E-state index in [4.69, 9.17) is 9.47 Å². The minimum atomic E-state index is -1.17. The molecule has 0 fully saturated rings. The van der Waals surface area contributed by atoms with Gasteiger partial charge >= 0.3 is 0 Å². The summed E-state index contributed by atoms with van der Waals surface area (Å²) in [4.78, 5) is 28.1. The molecule has 0 saturated heterocycles. The maximum atomic E-state index is 14.2. The van der Waals surface area contributed by atoms with Gasteiger partial charge in [0.1, 0.15) is 11.5 Å². The van der Waals surface area contributed by atoms with E-state index in [9.17, 15) is 35.1 Å². The lowest BCUT2D eigenvalue weighted by atomic mass is 9.70. The van der Waals surface area contributed by atoms with Crippen molar-refractivity contribution in [3.05, 3.63) is 106 Å². The smallest absolute Gasteiger partial charge is 0.248 e. The van der Waals surface area contributed by atoms with Crippen molar-refractivity contribution in [3.8, 4) is 40.2 Å². The van der Waals surface area contributed by atoms with E-state index in [2.05, 4.69) is 10.6 Å². The maximum absolute atomic E-state index is 14.2. The largest absolute Gasteiger partial charge is 0.508 e. The van der Waals surface area contributed by atoms with E-state index < -0.39 is 29.4 Å². The third-order valence-electron chi connectivity index (χ3n) is 8.19. The molecule has 4 aromatic carbocycles. The van der Waals surface area contributed by atoms with Crippen LogP contribution in [0.1, 0.15) is 33.7 Å². The van der Waals surface area contributed by atoms with Crippen molar-refractivity contribution < 1.29 is 44.6 Å². The molecule has 11 nitrogen and oxygen atoms in total. The molecule has 7 N–H and O–H groups in total. The molecular weight excluding hydrogens is 604 g/mol. The first-order valence-electron chi connectivity index (χ1n) is 14.9. The second-order valence-corrected chi connectivity index (χ2v) is 11.1. The molecule has 244 valence electrons. The normalized spacial score (nSPS) is 15.2. The number of benzene rings is 4. The van der Waals surface area contributed by atoms with E-state index >= 15 is 0 Å². The molecule has 2 atom stereocenters. The summed E-state index contributed by atoms with van der Waals surface area (Å²) < 4.78 is 11.0. The van der Waals surface area contributed by atoms with Crippen molar-refractivity contribution in [1.29, 1.82) is 0 Å². The molecule has 0 unspecified atom stereocenters. The van der Waals surface area contributed by atoms with Crippen molar-refractivity contribution in [2.45, 2.75) is 18.8 Å². The fourth-order valence-electron chi connectivity index (χ4n) is 5.84. The zero-order valence-electron chi connectivity index (χ0n) is 25.9. The minimum Gasteiger partial charge on any atom is -0.508 e. The summed E-state index contributed by atoms with van der Waals surface area (Å²) >= 11 is 0. The molecule has 5 rings (SSSR count). The lowest BCUT2D eigenvalue weighted by Gasteiger charge is -2.35. The number of amides is 2. The van der Waals surface area contributed by atoms with Crippen LogP contribution in [-0.4, -0.2) is 64.7 Å². The lowest BCUT2D eigenvalue weighted by molar-refractivity contribution is -0.127. The van der Waals surface area contributed by atoms with Gasteiger partial charge in [0, 0.05) is 30.1 Å². The number of ether oxygens (including phenoxy) is 2. The van der Waals surface area contributed by atoms with Crippen LogP contribution in [0, 0.1) is 5.92 Å². The Hall–Kier alpha value is -5.84. The number of hydrogen-bond donors (Lipinski definition) is 7. The highest BCUT2D eigenvalue weighted by molar-refractivity contribution is 6.06. The molecule has 11 heteroatoms. The van der Waals surface area contributed by atoms with Crippen molar-refractivity contribution in [3.63, 3.8) is 0 Å². The average Bonchev–Trinajstić information content (AvgIpc) is 3.06. The molecule has 4 aromatic rings. The minimum absolute atomic E-state index is 0.0295. The van der Waals surface area contributed by atoms with Gasteiger partial charge in [-0.25, -0.2) is 0 Å². The Bertz CT molecular complexity index is 1800. The Morgan fingerprint density at radius 1 is 0.723 bits per heavy atom. The number of rotatable bonds is 11. The van der Waals surface area contributed by atoms with Crippen LogP contribution in [-0.2, 0) is 22.4 Å². The van der Waals surface area contributed by atoms with Crippen LogP contribution in [0.3, 0.4) is 0 Å². The van der Waals surface area contributed by atoms with E-state index in [0.29, 0.717) is 29.5 Å². The molecule has 0 aromatic heterocycles. The molecule has 0 spiro atoms. The zero-order valence-corrected chi connectivity index (χ0v) is 25.9. The molecule has 2 amide bonds. The molecule has 0 bridgehead atoms. The summed E-state index contributed by atoms with van der Waals surface area (Å²) in [5.74, 6) is -3.85. The summed E-state index contributed by atoms with van der Waals surface area (Å²) in [6.07, 6.45) is 2.47. The summed E-state index contributed by atoms with van der Waals surface area (Å²) in [6.45, 7) is 0.442. The van der Waals surface area contributed by atoms with Crippen molar-refractivity contribution in [2.75, 3.05) is 27.3 Å². The third-order valence-corrected chi connectivity index (χ3v) is 8.19. The van der Waals surface area contributed by atoms with Crippen LogP contribution in [0.15, 0.2) is 78.4 Å². The second-order valence-electron chi connectivity index (χ2n) is 11.1. The van der Waals surface area contributed by atoms with E-state index in [1.807, 2.05) is 0 Å². The number of aromatic hydroxyl groups is 5. The number of phenols is 5. The van der Waals surface area contributed by atoms with Gasteiger partial charge in [-0.2, -0.15) is 0 Å². The van der Waals surface area contributed by atoms with Crippen LogP contribution < -0.4 is 20.1 Å². The number of hydrogen-bond acceptors (Lipinski definition) is 9. The monoisotopic (exact) mass is 640 g/mol. The first-order chi connectivity index (χ1) is 22.6. The van der Waals surface area contributed by atoms with E-state index in [-0.39, 0.29) is 53.2 Å². The van der Waals surface area contributed by atoms with Crippen LogP contribution >= 0.6 is 0 Å². The van der Waals surface area contributed by atoms with Gasteiger partial charge in [-0.3, -0.25) is 9.59 Å². The van der Waals surface area contributed by atoms with Gasteiger partial charge in [-0.1, -0.05) is 30.3 Å². The predicted molar refractivity (Wildman–Crippen MR) is 174 cm³/mol. The Labute approximate surface area is 271 Å². The van der Waals surface area contributed by atoms with Gasteiger partial charge < -0.3 is 45.6 Å². The number of fused-ring (bicyclic) bond motifs is 1. The van der Waals surface area contributed by atoms with E-state index in [0.717, 1.165) is 11.1 Å². The molecule has 47 heavy (non-hydrogen) atoms. The van der Waals surface area contributed by atoms with Crippen molar-refractivity contribution >= 4 is 17.9 Å². The molecule has 0 radical (unpaired) electrons. The number of phenolic OH excluding ortho intramolecular Hbond substituents is 5. The highest BCUT2D eigenvalue weighted by Crippen LogP contribution is 2.53. The summed E-state index contributed by atoms with van der Waals surface area (Å²) in [5, 5.41) is 56.7. The quantitative estimate of drug-likeness (QED) is 0.119. The molecule has 1 aliphatic carbocycles. The fourth-order valence-corrected chi connectivity index (χ4v) is 5.84. The van der Waals surface area contributed by atoms with Gasteiger partial charge in [0.2, 0.25) is 17.6 Å². The highest BCUT2D eigenvalue weighted by atomic mass is 16.5. The summed E-state index contributed by atoms with van der Waals surface area (Å²) in [5.41, 5.74) is 3.10. The van der Waals surface area contributed by atoms with Gasteiger partial charge in [0.15, 0.2) is 23.0 Å². The topological polar surface area (TPSA) is 178 Å². The predicted octanol–water partition coefficient (Wildman–Crippen LogP) is 4.09. The Balaban J connectivity index is 1.57. The van der Waals surface area contributed by atoms with E-state index in [1.165, 1.54) is 32.4 Å². The Kier molecular flexibility index (Phi) is 9.74. The van der Waals surface area contributed by atoms with Crippen molar-refractivity contribution in [1.82, 2.24) is 10.6 Å². The number of nitrogens with one attached hydrogen (secondary N) is 2.